The molecular formula is C19H14N6O. The van der Waals surface area contributed by atoms with E-state index in [4.69, 9.17) is 11.5 Å². The largest absolute Gasteiger partial charge is 0.508 e. The van der Waals surface area contributed by atoms with Gasteiger partial charge in [-0.3, -0.25) is 0 Å². The average molecular weight is 342 g/mol. The summed E-state index contributed by atoms with van der Waals surface area (Å²) in [6, 6.07) is 18.0. The molecule has 4 rings (SSSR count). The Kier molecular flexibility index (Phi) is 3.45. The Labute approximate surface area is 148 Å². The van der Waals surface area contributed by atoms with E-state index in [0.717, 1.165) is 5.69 Å². The molecule has 0 atom stereocenters. The van der Waals surface area contributed by atoms with E-state index in [2.05, 4.69) is 16.2 Å². The number of nitrogens with two attached hydrogens (primary N) is 2. The summed E-state index contributed by atoms with van der Waals surface area (Å²) in [7, 11) is 0. The number of fused-ring (bicyclic) bond motifs is 1. The number of aromatic hydroxyl groups is 1. The third-order valence-corrected chi connectivity index (χ3v) is 4.14. The molecular weight excluding hydrogens is 328 g/mol. The molecule has 7 nitrogen and oxygen atoms in total. The summed E-state index contributed by atoms with van der Waals surface area (Å²) in [5.41, 5.74) is 15.0. The highest BCUT2D eigenvalue weighted by molar-refractivity contribution is 6.04. The van der Waals surface area contributed by atoms with Crippen molar-refractivity contribution in [3.63, 3.8) is 0 Å². The number of para-hydroxylation sites is 1. The van der Waals surface area contributed by atoms with Gasteiger partial charge in [-0.1, -0.05) is 30.3 Å². The molecule has 7 heteroatoms. The lowest BCUT2D eigenvalue weighted by atomic mass is 9.98. The van der Waals surface area contributed by atoms with Crippen molar-refractivity contribution in [2.45, 2.75) is 0 Å². The molecule has 0 spiro atoms. The maximum absolute atomic E-state index is 9.60. The maximum Gasteiger partial charge on any atom is 0.168 e. The van der Waals surface area contributed by atoms with Gasteiger partial charge in [-0.2, -0.15) is 5.26 Å². The Bertz CT molecular complexity index is 1160. The number of rotatable bonds is 2. The lowest BCUT2D eigenvalue weighted by Gasteiger charge is -2.10. The number of pyridine rings is 1. The van der Waals surface area contributed by atoms with Gasteiger partial charge in [0.2, 0.25) is 0 Å². The van der Waals surface area contributed by atoms with Crippen molar-refractivity contribution in [2.24, 2.45) is 0 Å². The highest BCUT2D eigenvalue weighted by Crippen LogP contribution is 2.38. The summed E-state index contributed by atoms with van der Waals surface area (Å²) >= 11 is 0. The predicted molar refractivity (Wildman–Crippen MR) is 99.5 cm³/mol. The second kappa shape index (κ2) is 5.79. The van der Waals surface area contributed by atoms with Crippen LogP contribution in [0.15, 0.2) is 54.6 Å². The van der Waals surface area contributed by atoms with Crippen LogP contribution in [0.2, 0.25) is 0 Å². The number of hydrogen-bond acceptors (Lipinski definition) is 6. The predicted octanol–water partition coefficient (Wildman–Crippen LogP) is 2.83. The van der Waals surface area contributed by atoms with Gasteiger partial charge in [-0.05, 0) is 29.8 Å². The molecule has 126 valence electrons. The van der Waals surface area contributed by atoms with Gasteiger partial charge in [0.15, 0.2) is 11.5 Å². The maximum atomic E-state index is 9.60. The summed E-state index contributed by atoms with van der Waals surface area (Å²) in [6.45, 7) is 0. The van der Waals surface area contributed by atoms with Crippen molar-refractivity contribution in [1.82, 2.24) is 14.8 Å². The Balaban J connectivity index is 2.12. The first-order valence-electron chi connectivity index (χ1n) is 7.82. The second-order valence-corrected chi connectivity index (χ2v) is 5.74. The molecule has 0 amide bonds. The molecule has 2 aromatic heterocycles. The van der Waals surface area contributed by atoms with Gasteiger partial charge in [-0.15, -0.1) is 5.10 Å². The zero-order valence-electron chi connectivity index (χ0n) is 13.6. The number of anilines is 2. The third kappa shape index (κ3) is 2.29. The fourth-order valence-electron chi connectivity index (χ4n) is 2.97. The van der Waals surface area contributed by atoms with Crippen LogP contribution in [-0.2, 0) is 0 Å². The first kappa shape index (κ1) is 15.5. The van der Waals surface area contributed by atoms with Crippen molar-refractivity contribution in [1.29, 1.82) is 5.26 Å². The van der Waals surface area contributed by atoms with E-state index in [1.54, 1.807) is 16.8 Å². The Morgan fingerprint density at radius 2 is 1.65 bits per heavy atom. The fourth-order valence-corrected chi connectivity index (χ4v) is 2.97. The minimum absolute atomic E-state index is 0.0974. The van der Waals surface area contributed by atoms with E-state index < -0.39 is 0 Å². The lowest BCUT2D eigenvalue weighted by molar-refractivity contribution is 0.475. The molecule has 2 heterocycles. The van der Waals surface area contributed by atoms with Gasteiger partial charge in [0, 0.05) is 5.56 Å². The number of phenols is 1. The molecule has 2 aromatic carbocycles. The molecule has 0 unspecified atom stereocenters. The van der Waals surface area contributed by atoms with Crippen LogP contribution in [0.5, 0.6) is 5.75 Å². The smallest absolute Gasteiger partial charge is 0.168 e. The second-order valence-electron chi connectivity index (χ2n) is 5.74. The molecule has 0 bridgehead atoms. The number of nitrogen functional groups attached to an aromatic ring is 2. The molecule has 0 saturated heterocycles. The van der Waals surface area contributed by atoms with Crippen LogP contribution in [0, 0.1) is 11.3 Å². The van der Waals surface area contributed by atoms with Crippen molar-refractivity contribution < 1.29 is 5.11 Å². The summed E-state index contributed by atoms with van der Waals surface area (Å²) in [6.07, 6.45) is 0. The van der Waals surface area contributed by atoms with Gasteiger partial charge in [-0.25, -0.2) is 9.67 Å². The zero-order valence-corrected chi connectivity index (χ0v) is 13.6. The van der Waals surface area contributed by atoms with Gasteiger partial charge >= 0.3 is 0 Å². The summed E-state index contributed by atoms with van der Waals surface area (Å²) in [5.74, 6) is 0.467. The van der Waals surface area contributed by atoms with Gasteiger partial charge in [0.25, 0.3) is 0 Å². The van der Waals surface area contributed by atoms with Crippen LogP contribution in [0.1, 0.15) is 5.56 Å². The van der Waals surface area contributed by atoms with Gasteiger partial charge < -0.3 is 16.6 Å². The summed E-state index contributed by atoms with van der Waals surface area (Å²) < 4.78 is 1.60. The number of aromatic nitrogens is 3. The highest BCUT2D eigenvalue weighted by atomic mass is 16.3. The van der Waals surface area contributed by atoms with Crippen LogP contribution >= 0.6 is 0 Å². The molecule has 0 radical (unpaired) electrons. The first-order chi connectivity index (χ1) is 12.6. The molecule has 0 aliphatic carbocycles. The SMILES string of the molecule is N#Cc1c(N)nc2c(c(N)nn2-c2ccccc2)c1-c1ccc(O)cc1. The van der Waals surface area contributed by atoms with Crippen LogP contribution in [0.3, 0.4) is 0 Å². The Morgan fingerprint density at radius 3 is 2.31 bits per heavy atom. The van der Waals surface area contributed by atoms with Crippen LogP contribution < -0.4 is 11.5 Å². The fraction of sp³-hybridized carbons (Fsp3) is 0. The van der Waals surface area contributed by atoms with Crippen molar-refractivity contribution in [2.75, 3.05) is 11.5 Å². The molecule has 0 aliphatic heterocycles. The minimum Gasteiger partial charge on any atom is -0.508 e. The lowest BCUT2D eigenvalue weighted by Crippen LogP contribution is -2.02. The molecule has 26 heavy (non-hydrogen) atoms. The molecule has 4 aromatic rings. The number of hydrogen-bond donors (Lipinski definition) is 3. The van der Waals surface area contributed by atoms with E-state index in [1.807, 2.05) is 30.3 Å². The molecule has 5 N–H and O–H groups in total. The first-order valence-corrected chi connectivity index (χ1v) is 7.82. The molecule has 0 fully saturated rings. The number of nitriles is 1. The summed E-state index contributed by atoms with van der Waals surface area (Å²) in [5, 5.41) is 24.1. The van der Waals surface area contributed by atoms with E-state index in [1.165, 1.54) is 12.1 Å². The number of benzene rings is 2. The standard InChI is InChI=1S/C19H14N6O/c20-10-14-15(11-6-8-13(26)9-7-11)16-18(22)24-25(19(16)23-17(14)21)12-4-2-1-3-5-12/h1-9,26H,(H2,21,23)(H2,22,24). The molecule has 0 aliphatic rings. The van der Waals surface area contributed by atoms with E-state index in [0.29, 0.717) is 22.2 Å². The number of nitrogens with zero attached hydrogens (tertiary/aromatic N) is 4. The van der Waals surface area contributed by atoms with E-state index >= 15 is 0 Å². The van der Waals surface area contributed by atoms with Gasteiger partial charge in [0.1, 0.15) is 23.2 Å². The van der Waals surface area contributed by atoms with Crippen LogP contribution in [0.4, 0.5) is 11.6 Å². The van der Waals surface area contributed by atoms with Crippen LogP contribution in [0.25, 0.3) is 27.8 Å². The average Bonchev–Trinajstić information content (AvgIpc) is 2.98. The van der Waals surface area contributed by atoms with Gasteiger partial charge in [0.05, 0.1) is 11.1 Å². The quantitative estimate of drug-likeness (QED) is 0.514. The van der Waals surface area contributed by atoms with E-state index in [9.17, 15) is 10.4 Å². The Morgan fingerprint density at radius 1 is 0.962 bits per heavy atom. The molecule has 0 saturated carbocycles. The van der Waals surface area contributed by atoms with Crippen LogP contribution in [-0.4, -0.2) is 19.9 Å². The zero-order chi connectivity index (χ0) is 18.3. The van der Waals surface area contributed by atoms with Crippen molar-refractivity contribution >= 4 is 22.7 Å². The summed E-state index contributed by atoms with van der Waals surface area (Å²) in [4.78, 5) is 4.37. The van der Waals surface area contributed by atoms with E-state index in [-0.39, 0.29) is 22.9 Å². The minimum atomic E-state index is 0.0974. The third-order valence-electron chi connectivity index (χ3n) is 4.14. The normalized spacial score (nSPS) is 10.7. The topological polar surface area (TPSA) is 127 Å². The van der Waals surface area contributed by atoms with Crippen molar-refractivity contribution in [3.8, 4) is 28.6 Å². The van der Waals surface area contributed by atoms with Crippen molar-refractivity contribution in [3.05, 3.63) is 60.2 Å². The Hall–Kier alpha value is -4.05. The number of phenolic OH excluding ortho intramolecular Hbond substituents is 1. The highest BCUT2D eigenvalue weighted by Gasteiger charge is 2.22. The monoisotopic (exact) mass is 342 g/mol.